The lowest BCUT2D eigenvalue weighted by molar-refractivity contribution is 0.0859. The number of Topliss-reactive ketones (excluding diaryl/α,β-unsaturated/α-hetero) is 1. The van der Waals surface area contributed by atoms with Gasteiger partial charge in [-0.1, -0.05) is 50.2 Å². The number of para-hydroxylation sites is 1. The second-order valence-corrected chi connectivity index (χ2v) is 6.81. The molecule has 2 heteroatoms. The van der Waals surface area contributed by atoms with E-state index in [9.17, 15) is 4.79 Å². The number of carbonyl (C=O) groups excluding carboxylic acids is 1. The molecule has 0 aromatic heterocycles. The Labute approximate surface area is 125 Å². The molecule has 0 spiro atoms. The zero-order valence-corrected chi connectivity index (χ0v) is 12.4. The van der Waals surface area contributed by atoms with Gasteiger partial charge in [0.15, 0.2) is 5.78 Å². The molecule has 0 bridgehead atoms. The average molecular weight is 277 g/mol. The predicted octanol–water partition coefficient (Wildman–Crippen LogP) is 4.33. The molecule has 106 valence electrons. The molecule has 2 nitrogen and oxygen atoms in total. The quantitative estimate of drug-likeness (QED) is 0.776. The fourth-order valence-electron chi connectivity index (χ4n) is 3.99. The smallest absolute Gasteiger partial charge is 0.170 e. The maximum Gasteiger partial charge on any atom is 0.170 e. The van der Waals surface area contributed by atoms with Gasteiger partial charge in [-0.2, -0.15) is 0 Å². The monoisotopic (exact) mass is 277 g/mol. The highest BCUT2D eigenvalue weighted by Crippen LogP contribution is 2.49. The first-order valence-corrected chi connectivity index (χ1v) is 7.57. The number of rotatable bonds is 0. The van der Waals surface area contributed by atoms with Crippen molar-refractivity contribution in [3.8, 4) is 0 Å². The second-order valence-electron chi connectivity index (χ2n) is 6.81. The van der Waals surface area contributed by atoms with Gasteiger partial charge >= 0.3 is 0 Å². The lowest BCUT2D eigenvalue weighted by atomic mass is 9.63. The summed E-state index contributed by atoms with van der Waals surface area (Å²) < 4.78 is 0. The Hall–Kier alpha value is -2.09. The molecule has 2 aliphatic rings. The highest BCUT2D eigenvalue weighted by Gasteiger charge is 2.45. The van der Waals surface area contributed by atoms with E-state index in [2.05, 4.69) is 43.4 Å². The maximum absolute atomic E-state index is 12.9. The van der Waals surface area contributed by atoms with Crippen LogP contribution in [0.5, 0.6) is 0 Å². The van der Waals surface area contributed by atoms with Crippen LogP contribution in [0.2, 0.25) is 0 Å². The largest absolute Gasteiger partial charge is 0.377 e. The number of carbonyl (C=O) groups is 1. The van der Waals surface area contributed by atoms with Gasteiger partial charge in [0.2, 0.25) is 0 Å². The van der Waals surface area contributed by atoms with Crippen LogP contribution in [-0.4, -0.2) is 5.78 Å². The molecule has 0 amide bonds. The molecule has 1 N–H and O–H groups in total. The minimum absolute atomic E-state index is 0.0322. The summed E-state index contributed by atoms with van der Waals surface area (Å²) in [6.07, 6.45) is 0.898. The molecule has 2 aromatic rings. The summed E-state index contributed by atoms with van der Waals surface area (Å²) in [4.78, 5) is 12.9. The highest BCUT2D eigenvalue weighted by atomic mass is 16.1. The fourth-order valence-corrected chi connectivity index (χ4v) is 3.99. The van der Waals surface area contributed by atoms with Crippen LogP contribution in [0, 0.1) is 5.92 Å². The summed E-state index contributed by atoms with van der Waals surface area (Å²) in [5.74, 6) is 0.321. The molecule has 1 aliphatic heterocycles. The van der Waals surface area contributed by atoms with Crippen molar-refractivity contribution < 1.29 is 4.79 Å². The van der Waals surface area contributed by atoms with Crippen molar-refractivity contribution >= 4 is 11.5 Å². The van der Waals surface area contributed by atoms with Crippen molar-refractivity contribution in [2.75, 3.05) is 5.32 Å². The zero-order chi connectivity index (χ0) is 14.6. The Morgan fingerprint density at radius 3 is 2.62 bits per heavy atom. The van der Waals surface area contributed by atoms with Gasteiger partial charge in [-0.25, -0.2) is 0 Å². The molecule has 0 saturated carbocycles. The van der Waals surface area contributed by atoms with E-state index in [4.69, 9.17) is 0 Å². The third-order valence-corrected chi connectivity index (χ3v) is 5.00. The van der Waals surface area contributed by atoms with Crippen molar-refractivity contribution in [2.24, 2.45) is 5.92 Å². The first kappa shape index (κ1) is 12.6. The molecule has 0 saturated heterocycles. The van der Waals surface area contributed by atoms with Gasteiger partial charge < -0.3 is 5.32 Å². The summed E-state index contributed by atoms with van der Waals surface area (Å²) in [5, 5.41) is 3.60. The van der Waals surface area contributed by atoms with Crippen LogP contribution in [-0.2, 0) is 5.41 Å². The Morgan fingerprint density at radius 2 is 1.76 bits per heavy atom. The molecule has 0 unspecified atom stereocenters. The van der Waals surface area contributed by atoms with E-state index in [1.54, 1.807) is 0 Å². The van der Waals surface area contributed by atoms with Crippen molar-refractivity contribution in [3.05, 3.63) is 65.2 Å². The maximum atomic E-state index is 12.9. The van der Waals surface area contributed by atoms with E-state index in [-0.39, 0.29) is 23.2 Å². The summed E-state index contributed by atoms with van der Waals surface area (Å²) in [5.41, 5.74) is 4.50. The lowest BCUT2D eigenvalue weighted by Crippen LogP contribution is -2.42. The van der Waals surface area contributed by atoms with Crippen molar-refractivity contribution in [1.29, 1.82) is 0 Å². The molecule has 2 aromatic carbocycles. The topological polar surface area (TPSA) is 29.1 Å². The van der Waals surface area contributed by atoms with E-state index in [1.165, 1.54) is 11.1 Å². The first-order chi connectivity index (χ1) is 10.1. The molecule has 0 radical (unpaired) electrons. The SMILES string of the molecule is CC1(C)C[C@H]2C(=O)c3ccccc3N[C@H]2c2ccccc21. The Balaban J connectivity index is 1.90. The number of hydrogen-bond acceptors (Lipinski definition) is 2. The van der Waals surface area contributed by atoms with E-state index in [0.29, 0.717) is 0 Å². The van der Waals surface area contributed by atoms with E-state index < -0.39 is 0 Å². The number of hydrogen-bond donors (Lipinski definition) is 1. The van der Waals surface area contributed by atoms with E-state index in [1.807, 2.05) is 24.3 Å². The molecule has 2 atom stereocenters. The van der Waals surface area contributed by atoms with Gasteiger partial charge in [0, 0.05) is 17.2 Å². The predicted molar refractivity (Wildman–Crippen MR) is 84.7 cm³/mol. The van der Waals surface area contributed by atoms with E-state index in [0.717, 1.165) is 17.7 Å². The van der Waals surface area contributed by atoms with Crippen LogP contribution in [0.3, 0.4) is 0 Å². The minimum atomic E-state index is 0.0322. The van der Waals surface area contributed by atoms with Gasteiger partial charge in [0.1, 0.15) is 0 Å². The van der Waals surface area contributed by atoms with Gasteiger partial charge in [0.25, 0.3) is 0 Å². The Morgan fingerprint density at radius 1 is 1.05 bits per heavy atom. The number of benzene rings is 2. The van der Waals surface area contributed by atoms with Gasteiger partial charge in [-0.15, -0.1) is 0 Å². The molecule has 1 heterocycles. The van der Waals surface area contributed by atoms with Gasteiger partial charge in [-0.05, 0) is 35.1 Å². The van der Waals surface area contributed by atoms with Crippen molar-refractivity contribution in [2.45, 2.75) is 31.7 Å². The van der Waals surface area contributed by atoms with Crippen molar-refractivity contribution in [1.82, 2.24) is 0 Å². The number of fused-ring (bicyclic) bond motifs is 4. The average Bonchev–Trinajstić information content (AvgIpc) is 2.49. The van der Waals surface area contributed by atoms with Crippen LogP contribution in [0.4, 0.5) is 5.69 Å². The van der Waals surface area contributed by atoms with Crippen LogP contribution < -0.4 is 5.32 Å². The van der Waals surface area contributed by atoms with Crippen LogP contribution in [0.1, 0.15) is 47.8 Å². The molecule has 1 aliphatic carbocycles. The third kappa shape index (κ3) is 1.75. The van der Waals surface area contributed by atoms with Crippen LogP contribution >= 0.6 is 0 Å². The summed E-state index contributed by atoms with van der Waals surface area (Å²) in [7, 11) is 0. The number of anilines is 1. The fraction of sp³-hybridized carbons (Fsp3) is 0.316. The molecule has 0 fully saturated rings. The highest BCUT2D eigenvalue weighted by molar-refractivity contribution is 6.05. The first-order valence-electron chi connectivity index (χ1n) is 7.57. The second kappa shape index (κ2) is 4.20. The Bertz CT molecular complexity index is 732. The standard InChI is InChI=1S/C19H19NO/c1-19(2)11-14-17(12-7-3-5-9-15(12)19)20-16-10-6-4-8-13(16)18(14)21/h3-10,14,17,20H,11H2,1-2H3/t14-,17+/m1/s1. The minimum Gasteiger partial charge on any atom is -0.377 e. The van der Waals surface area contributed by atoms with Crippen LogP contribution in [0.25, 0.3) is 0 Å². The van der Waals surface area contributed by atoms with Crippen LogP contribution in [0.15, 0.2) is 48.5 Å². The summed E-state index contributed by atoms with van der Waals surface area (Å²) in [6, 6.07) is 16.5. The summed E-state index contributed by atoms with van der Waals surface area (Å²) in [6.45, 7) is 4.49. The normalized spacial score (nSPS) is 25.3. The van der Waals surface area contributed by atoms with Gasteiger partial charge in [0.05, 0.1) is 6.04 Å². The summed E-state index contributed by atoms with van der Waals surface area (Å²) >= 11 is 0. The molecular formula is C19H19NO. The molecule has 4 rings (SSSR count). The van der Waals surface area contributed by atoms with E-state index >= 15 is 0 Å². The third-order valence-electron chi connectivity index (χ3n) is 5.00. The number of nitrogens with one attached hydrogen (secondary N) is 1. The zero-order valence-electron chi connectivity index (χ0n) is 12.4. The Kier molecular flexibility index (Phi) is 2.53. The molecule has 21 heavy (non-hydrogen) atoms. The molecular weight excluding hydrogens is 258 g/mol. The van der Waals surface area contributed by atoms with Crippen molar-refractivity contribution in [3.63, 3.8) is 0 Å². The number of ketones is 1. The lowest BCUT2D eigenvalue weighted by Gasteiger charge is -2.45. The van der Waals surface area contributed by atoms with Gasteiger partial charge in [-0.3, -0.25) is 4.79 Å².